The van der Waals surface area contributed by atoms with Crippen LogP contribution in [-0.2, 0) is 30.7 Å². The van der Waals surface area contributed by atoms with Crippen LogP contribution in [0, 0.1) is 0 Å². The molecule has 2 aromatic rings. The number of guanidine groups is 1. The van der Waals surface area contributed by atoms with E-state index in [1.54, 1.807) is 7.11 Å². The fraction of sp³-hybridized carbons (Fsp3) is 0.609. The van der Waals surface area contributed by atoms with Crippen molar-refractivity contribution in [3.63, 3.8) is 0 Å². The van der Waals surface area contributed by atoms with Crippen molar-refractivity contribution in [3.8, 4) is 5.75 Å². The van der Waals surface area contributed by atoms with Crippen LogP contribution >= 0.6 is 0 Å². The van der Waals surface area contributed by atoms with Crippen LogP contribution in [0.4, 0.5) is 0 Å². The Bertz CT molecular complexity index is 857. The number of aromatic nitrogens is 3. The molecular weight excluding hydrogens is 392 g/mol. The highest BCUT2D eigenvalue weighted by Crippen LogP contribution is 2.24. The molecule has 2 N–H and O–H groups in total. The van der Waals surface area contributed by atoms with Gasteiger partial charge in [-0.15, -0.1) is 0 Å². The van der Waals surface area contributed by atoms with Crippen molar-refractivity contribution in [2.75, 3.05) is 20.7 Å². The van der Waals surface area contributed by atoms with E-state index in [1.165, 1.54) is 31.2 Å². The van der Waals surface area contributed by atoms with Gasteiger partial charge in [0.05, 0.1) is 12.6 Å². The predicted octanol–water partition coefficient (Wildman–Crippen LogP) is 2.47. The molecule has 1 saturated carbocycles. The maximum absolute atomic E-state index is 6.05. The zero-order valence-corrected chi connectivity index (χ0v) is 18.6. The fourth-order valence-corrected chi connectivity index (χ4v) is 4.32. The van der Waals surface area contributed by atoms with Crippen LogP contribution in [0.5, 0.6) is 5.75 Å². The van der Waals surface area contributed by atoms with Gasteiger partial charge in [0.15, 0.2) is 11.8 Å². The topological polar surface area (TPSA) is 85.6 Å². The van der Waals surface area contributed by atoms with Crippen molar-refractivity contribution < 1.29 is 9.47 Å². The molecule has 1 unspecified atom stereocenters. The molecule has 8 heteroatoms. The van der Waals surface area contributed by atoms with Crippen molar-refractivity contribution in [2.45, 2.75) is 70.2 Å². The predicted molar refractivity (Wildman–Crippen MR) is 120 cm³/mol. The van der Waals surface area contributed by atoms with Crippen molar-refractivity contribution in [1.29, 1.82) is 0 Å². The lowest BCUT2D eigenvalue weighted by molar-refractivity contribution is 0.177. The summed E-state index contributed by atoms with van der Waals surface area (Å²) in [4.78, 5) is 8.92. The first-order chi connectivity index (χ1) is 15.2. The maximum Gasteiger partial charge on any atom is 0.191 e. The van der Waals surface area contributed by atoms with Crippen molar-refractivity contribution in [1.82, 2.24) is 25.4 Å². The summed E-state index contributed by atoms with van der Waals surface area (Å²) >= 11 is 0. The third kappa shape index (κ3) is 5.97. The highest BCUT2D eigenvalue weighted by Gasteiger charge is 2.22. The van der Waals surface area contributed by atoms with Gasteiger partial charge in [0.25, 0.3) is 0 Å². The molecule has 168 valence electrons. The Morgan fingerprint density at radius 3 is 2.74 bits per heavy atom. The molecule has 8 nitrogen and oxygen atoms in total. The van der Waals surface area contributed by atoms with Gasteiger partial charge < -0.3 is 20.1 Å². The molecule has 0 amide bonds. The van der Waals surface area contributed by atoms with Gasteiger partial charge in [-0.1, -0.05) is 12.1 Å². The fourth-order valence-electron chi connectivity index (χ4n) is 4.32. The first-order valence-corrected chi connectivity index (χ1v) is 11.4. The summed E-state index contributed by atoms with van der Waals surface area (Å²) in [6.07, 6.45) is 8.20. The van der Waals surface area contributed by atoms with E-state index in [4.69, 9.17) is 9.47 Å². The highest BCUT2D eigenvalue weighted by atomic mass is 16.5. The number of rotatable bonds is 8. The van der Waals surface area contributed by atoms with Crippen LogP contribution in [0.1, 0.15) is 49.3 Å². The summed E-state index contributed by atoms with van der Waals surface area (Å²) in [6, 6.07) is 8.79. The van der Waals surface area contributed by atoms with Gasteiger partial charge in [0.1, 0.15) is 18.2 Å². The highest BCUT2D eigenvalue weighted by molar-refractivity contribution is 5.79. The molecule has 0 bridgehead atoms. The molecule has 1 aromatic carbocycles. The number of aliphatic imine (C=N–C) groups is 1. The number of methoxy groups -OCH3 is 1. The van der Waals surface area contributed by atoms with Gasteiger partial charge in [0, 0.05) is 33.2 Å². The zero-order valence-electron chi connectivity index (χ0n) is 18.6. The summed E-state index contributed by atoms with van der Waals surface area (Å²) < 4.78 is 13.2. The second kappa shape index (κ2) is 10.6. The Morgan fingerprint density at radius 2 is 2.00 bits per heavy atom. The van der Waals surface area contributed by atoms with Gasteiger partial charge in [0.2, 0.25) is 0 Å². The average molecular weight is 427 g/mol. The van der Waals surface area contributed by atoms with Crippen molar-refractivity contribution >= 4 is 5.96 Å². The summed E-state index contributed by atoms with van der Waals surface area (Å²) in [6.45, 7) is 2.06. The van der Waals surface area contributed by atoms with Crippen LogP contribution in [0.25, 0.3) is 0 Å². The quantitative estimate of drug-likeness (QED) is 0.498. The summed E-state index contributed by atoms with van der Waals surface area (Å²) in [5.41, 5.74) is 1.29. The summed E-state index contributed by atoms with van der Waals surface area (Å²) in [7, 11) is 3.48. The monoisotopic (exact) mass is 426 g/mol. The second-order valence-electron chi connectivity index (χ2n) is 8.36. The minimum Gasteiger partial charge on any atom is -0.490 e. The Balaban J connectivity index is 1.21. The largest absolute Gasteiger partial charge is 0.490 e. The zero-order chi connectivity index (χ0) is 21.5. The van der Waals surface area contributed by atoms with Gasteiger partial charge >= 0.3 is 0 Å². The molecule has 1 aromatic heterocycles. The smallest absolute Gasteiger partial charge is 0.191 e. The first-order valence-electron chi connectivity index (χ1n) is 11.4. The normalized spacial score (nSPS) is 19.3. The van der Waals surface area contributed by atoms with E-state index in [-0.39, 0.29) is 6.04 Å². The number of ether oxygens (including phenoxy) is 2. The molecule has 1 fully saturated rings. The van der Waals surface area contributed by atoms with Gasteiger partial charge in [-0.25, -0.2) is 9.67 Å². The molecule has 1 aliphatic carbocycles. The molecule has 1 atom stereocenters. The molecular formula is C23H34N6O2. The third-order valence-corrected chi connectivity index (χ3v) is 5.97. The van der Waals surface area contributed by atoms with Gasteiger partial charge in [-0.05, 0) is 56.2 Å². The SMILES string of the molecule is CN=C(NCCc1ccc(OC2CCCC2)cc1)NC1CCc2nc(COC)nn2C1. The number of nitrogens with zero attached hydrogens (tertiary/aromatic N) is 4. The van der Waals surface area contributed by atoms with Crippen LogP contribution in [0.2, 0.25) is 0 Å². The minimum atomic E-state index is 0.280. The third-order valence-electron chi connectivity index (χ3n) is 5.97. The molecule has 0 saturated heterocycles. The summed E-state index contributed by atoms with van der Waals surface area (Å²) in [5.74, 6) is 3.60. The minimum absolute atomic E-state index is 0.280. The average Bonchev–Trinajstić information content (AvgIpc) is 3.43. The lowest BCUT2D eigenvalue weighted by Crippen LogP contribution is -2.47. The standard InChI is InChI=1S/C23H34N6O2/c1-24-23(26-18-9-12-22-27-21(16-30-2)28-29(22)15-18)25-14-13-17-7-10-20(11-8-17)31-19-5-3-4-6-19/h7-8,10-11,18-19H,3-6,9,12-16H2,1-2H3,(H2,24,25,26). The van der Waals surface area contributed by atoms with Crippen LogP contribution < -0.4 is 15.4 Å². The van der Waals surface area contributed by atoms with Crippen molar-refractivity contribution in [2.24, 2.45) is 4.99 Å². The molecule has 1 aliphatic heterocycles. The number of benzene rings is 1. The Labute approximate surface area is 184 Å². The molecule has 0 radical (unpaired) electrons. The van der Waals surface area contributed by atoms with Crippen LogP contribution in [0.3, 0.4) is 0 Å². The number of hydrogen-bond acceptors (Lipinski definition) is 5. The molecule has 2 aliphatic rings. The molecule has 31 heavy (non-hydrogen) atoms. The Kier molecular flexibility index (Phi) is 7.40. The lowest BCUT2D eigenvalue weighted by atomic mass is 10.1. The first kappa shape index (κ1) is 21.6. The van der Waals surface area contributed by atoms with Gasteiger partial charge in [-0.2, -0.15) is 5.10 Å². The van der Waals surface area contributed by atoms with E-state index in [0.29, 0.717) is 12.7 Å². The van der Waals surface area contributed by atoms with E-state index < -0.39 is 0 Å². The molecule has 2 heterocycles. The summed E-state index contributed by atoms with van der Waals surface area (Å²) in [5, 5.41) is 11.5. The molecule has 0 spiro atoms. The van der Waals surface area contributed by atoms with E-state index in [1.807, 2.05) is 11.7 Å². The van der Waals surface area contributed by atoms with E-state index in [2.05, 4.69) is 50.0 Å². The van der Waals surface area contributed by atoms with Gasteiger partial charge in [-0.3, -0.25) is 4.99 Å². The number of aryl methyl sites for hydroxylation is 1. The number of fused-ring (bicyclic) bond motifs is 1. The van der Waals surface area contributed by atoms with E-state index in [0.717, 1.165) is 55.7 Å². The van der Waals surface area contributed by atoms with Crippen molar-refractivity contribution in [3.05, 3.63) is 41.5 Å². The van der Waals surface area contributed by atoms with Crippen LogP contribution in [0.15, 0.2) is 29.3 Å². The Hall–Kier alpha value is -2.61. The number of nitrogens with one attached hydrogen (secondary N) is 2. The van der Waals surface area contributed by atoms with E-state index in [9.17, 15) is 0 Å². The Morgan fingerprint density at radius 1 is 1.19 bits per heavy atom. The van der Waals surface area contributed by atoms with E-state index >= 15 is 0 Å². The number of hydrogen-bond donors (Lipinski definition) is 2. The van der Waals surface area contributed by atoms with Crippen LogP contribution in [-0.4, -0.2) is 53.6 Å². The maximum atomic E-state index is 6.05. The second-order valence-corrected chi connectivity index (χ2v) is 8.36. The lowest BCUT2D eigenvalue weighted by Gasteiger charge is -2.25. The molecule has 4 rings (SSSR count).